The van der Waals surface area contributed by atoms with E-state index in [0.29, 0.717) is 13.1 Å². The molecule has 1 saturated heterocycles. The molecule has 1 fully saturated rings. The van der Waals surface area contributed by atoms with Crippen LogP contribution in [0.5, 0.6) is 0 Å². The SMILES string of the molecule is NC[C@@H]1CN(c2ccc3c(c2)NC=CS3)C(=O)O1. The van der Waals surface area contributed by atoms with Gasteiger partial charge in [0, 0.05) is 23.3 Å². The van der Waals surface area contributed by atoms with E-state index >= 15 is 0 Å². The van der Waals surface area contributed by atoms with Crippen LogP contribution < -0.4 is 16.0 Å². The molecule has 0 aliphatic carbocycles. The Morgan fingerprint density at radius 2 is 2.44 bits per heavy atom. The van der Waals surface area contributed by atoms with Crippen LogP contribution in [0.15, 0.2) is 34.7 Å². The summed E-state index contributed by atoms with van der Waals surface area (Å²) in [6, 6.07) is 5.87. The first kappa shape index (κ1) is 11.4. The molecule has 5 nitrogen and oxygen atoms in total. The molecule has 0 radical (unpaired) electrons. The van der Waals surface area contributed by atoms with Gasteiger partial charge in [-0.3, -0.25) is 4.90 Å². The molecule has 2 aliphatic heterocycles. The summed E-state index contributed by atoms with van der Waals surface area (Å²) in [5.41, 5.74) is 7.35. The van der Waals surface area contributed by atoms with Gasteiger partial charge in [0.15, 0.2) is 0 Å². The Morgan fingerprint density at radius 1 is 1.56 bits per heavy atom. The molecule has 1 aromatic carbocycles. The van der Waals surface area contributed by atoms with Gasteiger partial charge in [-0.2, -0.15) is 0 Å². The van der Waals surface area contributed by atoms with Crippen LogP contribution in [0.1, 0.15) is 0 Å². The van der Waals surface area contributed by atoms with Crippen molar-refractivity contribution in [2.75, 3.05) is 23.3 Å². The van der Waals surface area contributed by atoms with Crippen molar-refractivity contribution >= 4 is 29.2 Å². The van der Waals surface area contributed by atoms with Crippen LogP contribution in [0.25, 0.3) is 0 Å². The van der Waals surface area contributed by atoms with Crippen molar-refractivity contribution in [1.29, 1.82) is 0 Å². The van der Waals surface area contributed by atoms with E-state index in [-0.39, 0.29) is 12.2 Å². The lowest BCUT2D eigenvalue weighted by Gasteiger charge is -2.17. The minimum absolute atomic E-state index is 0.212. The van der Waals surface area contributed by atoms with Gasteiger partial charge < -0.3 is 15.8 Å². The number of ether oxygens (including phenoxy) is 1. The van der Waals surface area contributed by atoms with Crippen LogP contribution in [-0.4, -0.2) is 25.3 Å². The maximum absolute atomic E-state index is 11.7. The zero-order chi connectivity index (χ0) is 12.5. The number of rotatable bonds is 2. The number of fused-ring (bicyclic) bond motifs is 1. The molecule has 18 heavy (non-hydrogen) atoms. The molecule has 1 amide bonds. The molecule has 6 heteroatoms. The van der Waals surface area contributed by atoms with Crippen molar-refractivity contribution in [3.63, 3.8) is 0 Å². The Balaban J connectivity index is 1.87. The van der Waals surface area contributed by atoms with E-state index < -0.39 is 0 Å². The number of hydrogen-bond donors (Lipinski definition) is 2. The summed E-state index contributed by atoms with van der Waals surface area (Å²) in [5.74, 6) is 0. The number of carbonyl (C=O) groups is 1. The molecule has 1 aromatic rings. The molecule has 0 aromatic heterocycles. The van der Waals surface area contributed by atoms with Crippen LogP contribution in [0, 0.1) is 0 Å². The van der Waals surface area contributed by atoms with E-state index in [0.717, 1.165) is 16.3 Å². The third-order valence-corrected chi connectivity index (χ3v) is 3.80. The summed E-state index contributed by atoms with van der Waals surface area (Å²) in [6.07, 6.45) is 1.34. The van der Waals surface area contributed by atoms with Gasteiger partial charge in [-0.1, -0.05) is 11.8 Å². The van der Waals surface area contributed by atoms with E-state index in [1.165, 1.54) is 0 Å². The van der Waals surface area contributed by atoms with Gasteiger partial charge in [-0.15, -0.1) is 0 Å². The zero-order valence-corrected chi connectivity index (χ0v) is 10.4. The first-order valence-corrected chi connectivity index (χ1v) is 6.56. The van der Waals surface area contributed by atoms with E-state index in [1.54, 1.807) is 16.7 Å². The number of cyclic esters (lactones) is 1. The Morgan fingerprint density at radius 3 is 3.22 bits per heavy atom. The number of hydrogen-bond acceptors (Lipinski definition) is 5. The molecule has 2 heterocycles. The topological polar surface area (TPSA) is 67.6 Å². The third-order valence-electron chi connectivity index (χ3n) is 2.91. The van der Waals surface area contributed by atoms with Crippen molar-refractivity contribution in [2.45, 2.75) is 11.0 Å². The zero-order valence-electron chi connectivity index (χ0n) is 9.63. The number of nitrogens with one attached hydrogen (secondary N) is 1. The summed E-state index contributed by atoms with van der Waals surface area (Å²) >= 11 is 1.65. The van der Waals surface area contributed by atoms with E-state index in [1.807, 2.05) is 29.8 Å². The van der Waals surface area contributed by atoms with Gasteiger partial charge in [0.2, 0.25) is 0 Å². The first-order chi connectivity index (χ1) is 8.78. The van der Waals surface area contributed by atoms with Crippen LogP contribution in [-0.2, 0) is 4.74 Å². The lowest BCUT2D eigenvalue weighted by Crippen LogP contribution is -2.27. The fourth-order valence-corrected chi connectivity index (χ4v) is 2.66. The number of carbonyl (C=O) groups excluding carboxylic acids is 1. The van der Waals surface area contributed by atoms with Gasteiger partial charge in [-0.25, -0.2) is 4.79 Å². The average molecular weight is 263 g/mol. The van der Waals surface area contributed by atoms with Crippen molar-refractivity contribution in [3.05, 3.63) is 29.8 Å². The quantitative estimate of drug-likeness (QED) is 0.853. The van der Waals surface area contributed by atoms with Gasteiger partial charge in [0.1, 0.15) is 6.10 Å². The van der Waals surface area contributed by atoms with Crippen molar-refractivity contribution in [2.24, 2.45) is 5.73 Å². The second kappa shape index (κ2) is 4.55. The second-order valence-electron chi connectivity index (χ2n) is 4.10. The fraction of sp³-hybridized carbons (Fsp3) is 0.250. The number of anilines is 2. The van der Waals surface area contributed by atoms with Crippen LogP contribution in [0.3, 0.4) is 0 Å². The summed E-state index contributed by atoms with van der Waals surface area (Å²) in [5, 5.41) is 5.14. The minimum Gasteiger partial charge on any atom is -0.443 e. The van der Waals surface area contributed by atoms with Gasteiger partial charge in [0.25, 0.3) is 0 Å². The van der Waals surface area contributed by atoms with Crippen LogP contribution in [0.2, 0.25) is 0 Å². The standard InChI is InChI=1S/C12H13N3O2S/c13-6-9-7-15(12(16)17-9)8-1-2-11-10(5-8)14-3-4-18-11/h1-5,9,14H,6-7,13H2/t9-/m1/s1. The monoisotopic (exact) mass is 263 g/mol. The molecule has 0 unspecified atom stereocenters. The molecular weight excluding hydrogens is 250 g/mol. The van der Waals surface area contributed by atoms with Crippen LogP contribution >= 0.6 is 11.8 Å². The van der Waals surface area contributed by atoms with Crippen molar-refractivity contribution in [3.8, 4) is 0 Å². The Hall–Kier alpha value is -1.66. The number of nitrogens with two attached hydrogens (primary N) is 1. The summed E-state index contributed by atoms with van der Waals surface area (Å²) in [7, 11) is 0. The number of amides is 1. The molecular formula is C12H13N3O2S. The Labute approximate surface area is 109 Å². The molecule has 0 bridgehead atoms. The normalized spacial score (nSPS) is 21.5. The third kappa shape index (κ3) is 1.93. The minimum atomic E-state index is -0.329. The summed E-state index contributed by atoms with van der Waals surface area (Å²) in [6.45, 7) is 0.862. The highest BCUT2D eigenvalue weighted by atomic mass is 32.2. The molecule has 2 aliphatic rings. The molecule has 94 valence electrons. The molecule has 1 atom stereocenters. The first-order valence-electron chi connectivity index (χ1n) is 5.68. The Kier molecular flexibility index (Phi) is 2.89. The summed E-state index contributed by atoms with van der Waals surface area (Å²) in [4.78, 5) is 14.5. The summed E-state index contributed by atoms with van der Waals surface area (Å²) < 4.78 is 5.14. The maximum atomic E-state index is 11.7. The second-order valence-corrected chi connectivity index (χ2v) is 5.05. The van der Waals surface area contributed by atoms with E-state index in [2.05, 4.69) is 5.32 Å². The number of thioether (sulfide) groups is 1. The highest BCUT2D eigenvalue weighted by Crippen LogP contribution is 2.35. The largest absolute Gasteiger partial charge is 0.443 e. The van der Waals surface area contributed by atoms with E-state index in [9.17, 15) is 4.79 Å². The highest BCUT2D eigenvalue weighted by molar-refractivity contribution is 8.02. The molecule has 0 saturated carbocycles. The van der Waals surface area contributed by atoms with Gasteiger partial charge in [0.05, 0.1) is 12.2 Å². The average Bonchev–Trinajstić information content (AvgIpc) is 2.79. The lowest BCUT2D eigenvalue weighted by atomic mass is 10.2. The van der Waals surface area contributed by atoms with Gasteiger partial charge in [-0.05, 0) is 23.6 Å². The van der Waals surface area contributed by atoms with E-state index in [4.69, 9.17) is 10.5 Å². The van der Waals surface area contributed by atoms with Crippen LogP contribution in [0.4, 0.5) is 16.2 Å². The molecule has 3 rings (SSSR count). The number of benzene rings is 1. The van der Waals surface area contributed by atoms with Crippen molar-refractivity contribution in [1.82, 2.24) is 0 Å². The predicted octanol–water partition coefficient (Wildman–Crippen LogP) is 1.96. The lowest BCUT2D eigenvalue weighted by molar-refractivity contribution is 0.145. The molecule has 3 N–H and O–H groups in total. The highest BCUT2D eigenvalue weighted by Gasteiger charge is 2.31. The van der Waals surface area contributed by atoms with Crippen molar-refractivity contribution < 1.29 is 9.53 Å². The molecule has 0 spiro atoms. The predicted molar refractivity (Wildman–Crippen MR) is 71.7 cm³/mol. The van der Waals surface area contributed by atoms with Gasteiger partial charge >= 0.3 is 6.09 Å². The Bertz CT molecular complexity index is 518. The number of nitrogens with zero attached hydrogens (tertiary/aromatic N) is 1. The smallest absolute Gasteiger partial charge is 0.414 e. The fourth-order valence-electron chi connectivity index (χ4n) is 1.99. The maximum Gasteiger partial charge on any atom is 0.414 e.